The summed E-state index contributed by atoms with van der Waals surface area (Å²) < 4.78 is 33.1. The fourth-order valence-corrected chi connectivity index (χ4v) is 4.91. The number of aromatic nitrogens is 1. The Hall–Kier alpha value is -2.02. The Morgan fingerprint density at radius 2 is 1.88 bits per heavy atom. The third kappa shape index (κ3) is 2.70. The normalized spacial score (nSPS) is 15.6. The van der Waals surface area contributed by atoms with Crippen molar-refractivity contribution in [3.63, 3.8) is 0 Å². The van der Waals surface area contributed by atoms with Gasteiger partial charge in [-0.25, -0.2) is 12.4 Å². The maximum atomic E-state index is 13.0. The summed E-state index contributed by atoms with van der Waals surface area (Å²) >= 11 is 6.45. The highest BCUT2D eigenvalue weighted by Crippen LogP contribution is 2.37. The van der Waals surface area contributed by atoms with E-state index in [9.17, 15) is 8.42 Å². The van der Waals surface area contributed by atoms with E-state index in [1.165, 1.54) is 10.2 Å². The molecule has 0 N–H and O–H groups in total. The van der Waals surface area contributed by atoms with Crippen LogP contribution in [0.5, 0.6) is 5.75 Å². The monoisotopic (exact) mass is 376 g/mol. The first-order chi connectivity index (χ1) is 12.0. The molecule has 0 spiro atoms. The highest BCUT2D eigenvalue weighted by atomic mass is 35.5. The highest BCUT2D eigenvalue weighted by Gasteiger charge is 2.25. The molecule has 0 bridgehead atoms. The fourth-order valence-electron chi connectivity index (χ4n) is 3.16. The Balaban J connectivity index is 1.97. The zero-order valence-corrected chi connectivity index (χ0v) is 15.2. The molecule has 0 aliphatic carbocycles. The largest absolute Gasteiger partial charge is 0.492 e. The summed E-state index contributed by atoms with van der Waals surface area (Å²) in [6.07, 6.45) is 1.47. The zero-order chi connectivity index (χ0) is 17.6. The van der Waals surface area contributed by atoms with Crippen LogP contribution < -0.4 is 4.74 Å². The van der Waals surface area contributed by atoms with Crippen LogP contribution in [0.2, 0.25) is 5.02 Å². The summed E-state index contributed by atoms with van der Waals surface area (Å²) in [5.74, 6) is 0.758. The molecule has 0 amide bonds. The molecule has 0 radical (unpaired) electrons. The van der Waals surface area contributed by atoms with Gasteiger partial charge in [-0.2, -0.15) is 0 Å². The van der Waals surface area contributed by atoms with Crippen LogP contribution in [0.25, 0.3) is 10.9 Å². The van der Waals surface area contributed by atoms with Crippen molar-refractivity contribution in [3.8, 4) is 5.75 Å². The Bertz CT molecular complexity index is 1050. The summed E-state index contributed by atoms with van der Waals surface area (Å²) in [5.41, 5.74) is 1.48. The lowest BCUT2D eigenvalue weighted by Crippen LogP contribution is -2.20. The zero-order valence-electron chi connectivity index (χ0n) is 13.6. The van der Waals surface area contributed by atoms with Crippen molar-refractivity contribution in [2.45, 2.75) is 11.4 Å². The quantitative estimate of drug-likeness (QED) is 0.688. The van der Waals surface area contributed by atoms with Crippen LogP contribution in [-0.2, 0) is 16.6 Å². The number of benzene rings is 2. The molecule has 2 heterocycles. The number of ether oxygens (including phenoxy) is 1. The van der Waals surface area contributed by atoms with Gasteiger partial charge < -0.3 is 4.74 Å². The average Bonchev–Trinajstić information content (AvgIpc) is 2.83. The second kappa shape index (κ2) is 6.05. The lowest BCUT2D eigenvalue weighted by Gasteiger charge is -2.13. The first kappa shape index (κ1) is 16.4. The molecule has 0 fully saturated rings. The van der Waals surface area contributed by atoms with E-state index in [1.807, 2.05) is 13.1 Å². The predicted octanol–water partition coefficient (Wildman–Crippen LogP) is 3.36. The van der Waals surface area contributed by atoms with Gasteiger partial charge in [-0.15, -0.1) is 0 Å². The van der Waals surface area contributed by atoms with E-state index in [0.29, 0.717) is 23.7 Å². The van der Waals surface area contributed by atoms with Crippen LogP contribution in [0.15, 0.2) is 53.6 Å². The number of hydrogen-bond donors (Lipinski definition) is 0. The minimum Gasteiger partial charge on any atom is -0.492 e. The topological polar surface area (TPSA) is 51.5 Å². The SMILES string of the molecule is CN1CCOc2ccc3c(c(Cl)cn3S(=O)(=O)c3ccccc3)c2C1. The molecule has 0 saturated heterocycles. The lowest BCUT2D eigenvalue weighted by molar-refractivity contribution is 0.259. The molecule has 0 unspecified atom stereocenters. The molecule has 7 heteroatoms. The van der Waals surface area contributed by atoms with E-state index in [-0.39, 0.29) is 4.90 Å². The summed E-state index contributed by atoms with van der Waals surface area (Å²) in [5, 5.41) is 1.14. The van der Waals surface area contributed by atoms with E-state index in [0.717, 1.165) is 23.2 Å². The van der Waals surface area contributed by atoms with Crippen LogP contribution in [0.4, 0.5) is 0 Å². The van der Waals surface area contributed by atoms with Crippen molar-refractivity contribution < 1.29 is 13.2 Å². The van der Waals surface area contributed by atoms with Crippen LogP contribution in [0, 0.1) is 0 Å². The van der Waals surface area contributed by atoms with Gasteiger partial charge in [0.2, 0.25) is 0 Å². The summed E-state index contributed by atoms with van der Waals surface area (Å²) in [6.45, 7) is 2.05. The molecule has 5 nitrogen and oxygen atoms in total. The molecule has 1 aliphatic heterocycles. The van der Waals surface area contributed by atoms with E-state index >= 15 is 0 Å². The Labute approximate surface area is 151 Å². The standard InChI is InChI=1S/C18H17ClN2O3S/c1-20-9-10-24-17-8-7-16-18(14(17)11-20)15(19)12-21(16)25(22,23)13-5-3-2-4-6-13/h2-8,12H,9-11H2,1H3. The van der Waals surface area contributed by atoms with Crippen molar-refractivity contribution in [2.75, 3.05) is 20.2 Å². The fraction of sp³-hybridized carbons (Fsp3) is 0.222. The van der Waals surface area contributed by atoms with Gasteiger partial charge in [0.15, 0.2) is 0 Å². The molecule has 2 aromatic carbocycles. The number of halogens is 1. The number of likely N-dealkylation sites (N-methyl/N-ethyl adjacent to an activating group) is 1. The van der Waals surface area contributed by atoms with Crippen molar-refractivity contribution in [3.05, 3.63) is 59.2 Å². The maximum absolute atomic E-state index is 13.0. The summed E-state index contributed by atoms with van der Waals surface area (Å²) in [7, 11) is -1.71. The van der Waals surface area contributed by atoms with E-state index < -0.39 is 10.0 Å². The smallest absolute Gasteiger partial charge is 0.268 e. The van der Waals surface area contributed by atoms with Gasteiger partial charge in [0.05, 0.1) is 15.4 Å². The first-order valence-electron chi connectivity index (χ1n) is 7.93. The number of rotatable bonds is 2. The van der Waals surface area contributed by atoms with Crippen molar-refractivity contribution in [1.82, 2.24) is 8.87 Å². The Kier molecular flexibility index (Phi) is 3.98. The summed E-state index contributed by atoms with van der Waals surface area (Å²) in [4.78, 5) is 2.36. The number of nitrogens with zero attached hydrogens (tertiary/aromatic N) is 2. The van der Waals surface area contributed by atoms with E-state index in [2.05, 4.69) is 4.90 Å². The first-order valence-corrected chi connectivity index (χ1v) is 9.74. The van der Waals surface area contributed by atoms with Gasteiger partial charge in [0, 0.05) is 30.2 Å². The average molecular weight is 377 g/mol. The second-order valence-corrected chi connectivity index (χ2v) is 8.34. The third-order valence-corrected chi connectivity index (χ3v) is 6.39. The lowest BCUT2D eigenvalue weighted by atomic mass is 10.1. The van der Waals surface area contributed by atoms with Gasteiger partial charge >= 0.3 is 0 Å². The van der Waals surface area contributed by atoms with E-state index in [4.69, 9.17) is 16.3 Å². The molecule has 4 rings (SSSR count). The van der Waals surface area contributed by atoms with Gasteiger partial charge in [0.1, 0.15) is 12.4 Å². The Morgan fingerprint density at radius 3 is 2.64 bits per heavy atom. The number of hydrogen-bond acceptors (Lipinski definition) is 4. The molecule has 3 aromatic rings. The Morgan fingerprint density at radius 1 is 1.12 bits per heavy atom. The van der Waals surface area contributed by atoms with Gasteiger partial charge in [-0.1, -0.05) is 29.8 Å². The predicted molar refractivity (Wildman–Crippen MR) is 97.8 cm³/mol. The third-order valence-electron chi connectivity index (χ3n) is 4.41. The molecule has 0 atom stereocenters. The van der Waals surface area contributed by atoms with Crippen molar-refractivity contribution in [1.29, 1.82) is 0 Å². The van der Waals surface area contributed by atoms with Crippen LogP contribution in [0.1, 0.15) is 5.56 Å². The van der Waals surface area contributed by atoms with Gasteiger partial charge in [0.25, 0.3) is 10.0 Å². The second-order valence-electron chi connectivity index (χ2n) is 6.11. The minimum atomic E-state index is -3.72. The molecule has 25 heavy (non-hydrogen) atoms. The molecular formula is C18H17ClN2O3S. The highest BCUT2D eigenvalue weighted by molar-refractivity contribution is 7.90. The molecule has 130 valence electrons. The van der Waals surface area contributed by atoms with Gasteiger partial charge in [-0.05, 0) is 31.3 Å². The van der Waals surface area contributed by atoms with Crippen LogP contribution >= 0.6 is 11.6 Å². The molecule has 1 aliphatic rings. The molecular weight excluding hydrogens is 360 g/mol. The summed E-state index contributed by atoms with van der Waals surface area (Å²) in [6, 6.07) is 11.9. The minimum absolute atomic E-state index is 0.229. The molecule has 1 aromatic heterocycles. The maximum Gasteiger partial charge on any atom is 0.268 e. The van der Waals surface area contributed by atoms with E-state index in [1.54, 1.807) is 36.4 Å². The van der Waals surface area contributed by atoms with Crippen molar-refractivity contribution in [2.24, 2.45) is 0 Å². The van der Waals surface area contributed by atoms with Gasteiger partial charge in [-0.3, -0.25) is 4.90 Å². The number of fused-ring (bicyclic) bond motifs is 3. The van der Waals surface area contributed by atoms with Crippen LogP contribution in [-0.4, -0.2) is 37.5 Å². The van der Waals surface area contributed by atoms with Crippen molar-refractivity contribution >= 4 is 32.5 Å². The van der Waals surface area contributed by atoms with Crippen LogP contribution in [0.3, 0.4) is 0 Å². The molecule has 0 saturated carbocycles.